The minimum atomic E-state index is -1.29. The number of nitrogen functional groups attached to an aromatic ring is 2. The Hall–Kier alpha value is -5.37. The fraction of sp³-hybridized carbons (Fsp3) is 0.148. The highest BCUT2D eigenvalue weighted by Crippen LogP contribution is 2.33. The highest BCUT2D eigenvalue weighted by molar-refractivity contribution is 6.28. The zero-order valence-corrected chi connectivity index (χ0v) is 20.5. The second-order valence-corrected chi connectivity index (χ2v) is 8.07. The second-order valence-electron chi connectivity index (χ2n) is 8.07. The SMILES string of the molecule is COc1cc(Cc2cnc(N)nc2N)cc(C#Cc2cccc(NC(=O)C3=COC(C=O)C3=O)c2)c1OC. The van der Waals surface area contributed by atoms with E-state index in [0.717, 1.165) is 11.8 Å². The first-order valence-electron chi connectivity index (χ1n) is 11.2. The van der Waals surface area contributed by atoms with Crippen molar-refractivity contribution in [2.45, 2.75) is 12.5 Å². The van der Waals surface area contributed by atoms with Crippen LogP contribution in [0.15, 0.2) is 54.4 Å². The van der Waals surface area contributed by atoms with Gasteiger partial charge in [-0.2, -0.15) is 4.98 Å². The highest BCUT2D eigenvalue weighted by Gasteiger charge is 2.33. The molecule has 0 saturated carbocycles. The number of amides is 1. The van der Waals surface area contributed by atoms with Gasteiger partial charge < -0.3 is 31.0 Å². The third kappa shape index (κ3) is 5.55. The van der Waals surface area contributed by atoms with Crippen molar-refractivity contribution in [3.8, 4) is 23.3 Å². The lowest BCUT2D eigenvalue weighted by Crippen LogP contribution is -2.25. The third-order valence-corrected chi connectivity index (χ3v) is 5.54. The minimum Gasteiger partial charge on any atom is -0.493 e. The molecule has 0 spiro atoms. The van der Waals surface area contributed by atoms with Gasteiger partial charge in [0.2, 0.25) is 17.8 Å². The van der Waals surface area contributed by atoms with Crippen molar-refractivity contribution in [2.24, 2.45) is 0 Å². The van der Waals surface area contributed by atoms with E-state index < -0.39 is 17.8 Å². The van der Waals surface area contributed by atoms with Gasteiger partial charge in [0.15, 0.2) is 17.8 Å². The van der Waals surface area contributed by atoms with Crippen LogP contribution in [0.1, 0.15) is 22.3 Å². The van der Waals surface area contributed by atoms with Crippen LogP contribution in [0.25, 0.3) is 0 Å². The number of Topliss-reactive ketones (excluding diaryl/α,β-unsaturated/α-hetero) is 1. The number of aromatic nitrogens is 2. The van der Waals surface area contributed by atoms with Gasteiger partial charge in [-0.15, -0.1) is 0 Å². The topological polar surface area (TPSA) is 169 Å². The smallest absolute Gasteiger partial charge is 0.262 e. The van der Waals surface area contributed by atoms with E-state index in [1.165, 1.54) is 14.2 Å². The van der Waals surface area contributed by atoms with Crippen molar-refractivity contribution in [2.75, 3.05) is 31.0 Å². The number of methoxy groups -OCH3 is 2. The second kappa shape index (κ2) is 11.1. The number of hydrogen-bond acceptors (Lipinski definition) is 10. The summed E-state index contributed by atoms with van der Waals surface area (Å²) in [6.07, 6.45) is 2.01. The van der Waals surface area contributed by atoms with E-state index in [-0.39, 0.29) is 17.3 Å². The average molecular weight is 514 g/mol. The van der Waals surface area contributed by atoms with Crippen LogP contribution in [0.3, 0.4) is 0 Å². The van der Waals surface area contributed by atoms with E-state index in [0.29, 0.717) is 46.6 Å². The molecule has 2 aromatic carbocycles. The lowest BCUT2D eigenvalue weighted by molar-refractivity contribution is -0.128. The van der Waals surface area contributed by atoms with Gasteiger partial charge in [-0.25, -0.2) is 4.98 Å². The summed E-state index contributed by atoms with van der Waals surface area (Å²) in [5.41, 5.74) is 14.4. The molecule has 38 heavy (non-hydrogen) atoms. The molecular formula is C27H23N5O6. The van der Waals surface area contributed by atoms with E-state index in [2.05, 4.69) is 27.1 Å². The summed E-state index contributed by atoms with van der Waals surface area (Å²) in [4.78, 5) is 43.4. The number of nitrogens with two attached hydrogens (primary N) is 2. The summed E-state index contributed by atoms with van der Waals surface area (Å²) in [5.74, 6) is 6.06. The largest absolute Gasteiger partial charge is 0.493 e. The van der Waals surface area contributed by atoms with Crippen molar-refractivity contribution < 1.29 is 28.6 Å². The van der Waals surface area contributed by atoms with E-state index in [1.807, 2.05) is 12.1 Å². The first-order valence-corrected chi connectivity index (χ1v) is 11.2. The van der Waals surface area contributed by atoms with E-state index in [1.54, 1.807) is 30.5 Å². The molecule has 0 bridgehead atoms. The van der Waals surface area contributed by atoms with E-state index in [4.69, 9.17) is 25.7 Å². The number of nitrogens with one attached hydrogen (secondary N) is 1. The van der Waals surface area contributed by atoms with Crippen LogP contribution in [0.2, 0.25) is 0 Å². The van der Waals surface area contributed by atoms with Gasteiger partial charge in [-0.1, -0.05) is 17.9 Å². The molecule has 0 aliphatic carbocycles. The maximum atomic E-state index is 12.5. The summed E-state index contributed by atoms with van der Waals surface area (Å²) >= 11 is 0. The Morgan fingerprint density at radius 3 is 2.68 bits per heavy atom. The van der Waals surface area contributed by atoms with Gasteiger partial charge in [-0.3, -0.25) is 14.4 Å². The number of ketones is 1. The molecule has 1 amide bonds. The lowest BCUT2D eigenvalue weighted by Gasteiger charge is -2.13. The van der Waals surface area contributed by atoms with Gasteiger partial charge in [0.05, 0.1) is 19.8 Å². The zero-order valence-electron chi connectivity index (χ0n) is 20.5. The van der Waals surface area contributed by atoms with E-state index in [9.17, 15) is 14.4 Å². The van der Waals surface area contributed by atoms with Gasteiger partial charge in [0.1, 0.15) is 17.7 Å². The van der Waals surface area contributed by atoms with Gasteiger partial charge in [0.25, 0.3) is 5.91 Å². The monoisotopic (exact) mass is 513 g/mol. The van der Waals surface area contributed by atoms with Crippen LogP contribution in [-0.4, -0.2) is 48.3 Å². The summed E-state index contributed by atoms with van der Waals surface area (Å²) in [7, 11) is 3.04. The first kappa shape index (κ1) is 25.7. The molecule has 0 fully saturated rings. The third-order valence-electron chi connectivity index (χ3n) is 5.54. The lowest BCUT2D eigenvalue weighted by atomic mass is 10.0. The molecule has 11 heteroatoms. The maximum Gasteiger partial charge on any atom is 0.262 e. The standard InChI is InChI=1S/C27H23N5O6/c1-36-21-11-16(9-18-12-30-27(29)32-25(18)28)8-17(24(21)37-2)7-6-15-4-3-5-19(10-15)31-26(35)20-14-38-22(13-33)23(20)34/h3-5,8,10-14,22H,9H2,1-2H3,(H,31,35)(H4,28,29,30,32). The van der Waals surface area contributed by atoms with Crippen molar-refractivity contribution in [1.82, 2.24) is 9.97 Å². The number of rotatable bonds is 7. The molecule has 2 heterocycles. The molecular weight excluding hydrogens is 490 g/mol. The molecule has 192 valence electrons. The summed E-state index contributed by atoms with van der Waals surface area (Å²) in [6, 6.07) is 10.4. The normalized spacial score (nSPS) is 14.0. The predicted octanol–water partition coefficient (Wildman–Crippen LogP) is 1.64. The molecule has 0 radical (unpaired) electrons. The average Bonchev–Trinajstić information content (AvgIpc) is 3.29. The molecule has 1 aliphatic heterocycles. The number of carbonyl (C=O) groups excluding carboxylic acids is 3. The summed E-state index contributed by atoms with van der Waals surface area (Å²) in [6.45, 7) is 0. The van der Waals surface area contributed by atoms with Crippen LogP contribution < -0.4 is 26.3 Å². The highest BCUT2D eigenvalue weighted by atomic mass is 16.5. The number of ether oxygens (including phenoxy) is 3. The molecule has 3 aromatic rings. The Bertz CT molecular complexity index is 1520. The Morgan fingerprint density at radius 1 is 1.18 bits per heavy atom. The maximum absolute atomic E-state index is 12.5. The number of nitrogens with zero attached hydrogens (tertiary/aromatic N) is 2. The molecule has 1 atom stereocenters. The van der Waals surface area contributed by atoms with Crippen molar-refractivity contribution in [3.63, 3.8) is 0 Å². The molecule has 1 unspecified atom stereocenters. The van der Waals surface area contributed by atoms with Crippen LogP contribution in [0.5, 0.6) is 11.5 Å². The van der Waals surface area contributed by atoms with Crippen molar-refractivity contribution in [3.05, 3.63) is 76.7 Å². The predicted molar refractivity (Wildman–Crippen MR) is 138 cm³/mol. The van der Waals surface area contributed by atoms with Crippen LogP contribution in [-0.2, 0) is 25.5 Å². The van der Waals surface area contributed by atoms with E-state index >= 15 is 0 Å². The van der Waals surface area contributed by atoms with Crippen LogP contribution >= 0.6 is 0 Å². The number of benzene rings is 2. The van der Waals surface area contributed by atoms with Gasteiger partial charge in [0, 0.05) is 29.4 Å². The molecule has 0 saturated heterocycles. The number of hydrogen-bond donors (Lipinski definition) is 3. The Labute approximate surface area is 217 Å². The quantitative estimate of drug-likeness (QED) is 0.183. The number of aldehydes is 1. The van der Waals surface area contributed by atoms with Crippen molar-refractivity contribution >= 4 is 35.4 Å². The fourth-order valence-corrected chi connectivity index (χ4v) is 3.69. The number of anilines is 3. The van der Waals surface area contributed by atoms with Crippen LogP contribution in [0, 0.1) is 11.8 Å². The molecule has 4 rings (SSSR count). The Kier molecular flexibility index (Phi) is 7.53. The fourth-order valence-electron chi connectivity index (χ4n) is 3.69. The molecule has 1 aliphatic rings. The van der Waals surface area contributed by atoms with Crippen molar-refractivity contribution in [1.29, 1.82) is 0 Å². The van der Waals surface area contributed by atoms with Crippen LogP contribution in [0.4, 0.5) is 17.5 Å². The molecule has 1 aromatic heterocycles. The molecule has 5 N–H and O–H groups in total. The Morgan fingerprint density at radius 2 is 2.00 bits per heavy atom. The Balaban J connectivity index is 1.59. The first-order chi connectivity index (χ1) is 18.3. The zero-order chi connectivity index (χ0) is 27.2. The summed E-state index contributed by atoms with van der Waals surface area (Å²) < 4.78 is 15.9. The minimum absolute atomic E-state index is 0.0913. The number of carbonyl (C=O) groups is 3. The van der Waals surface area contributed by atoms with Gasteiger partial charge >= 0.3 is 0 Å². The molecule has 11 nitrogen and oxygen atoms in total. The summed E-state index contributed by atoms with van der Waals surface area (Å²) in [5, 5.41) is 2.61. The van der Waals surface area contributed by atoms with Gasteiger partial charge in [-0.05, 0) is 35.9 Å².